The summed E-state index contributed by atoms with van der Waals surface area (Å²) < 4.78 is 16.9. The van der Waals surface area contributed by atoms with Crippen LogP contribution in [0.3, 0.4) is 0 Å². The van der Waals surface area contributed by atoms with Crippen molar-refractivity contribution in [3.63, 3.8) is 0 Å². The molecule has 74 valence electrons. The first-order chi connectivity index (χ1) is 5.56. The Morgan fingerprint density at radius 1 is 1.50 bits per heavy atom. The predicted octanol–water partition coefficient (Wildman–Crippen LogP) is 2.44. The van der Waals surface area contributed by atoms with Gasteiger partial charge in [0.1, 0.15) is 5.85 Å². The van der Waals surface area contributed by atoms with E-state index in [0.29, 0.717) is 12.8 Å². The lowest BCUT2D eigenvalue weighted by molar-refractivity contribution is 0.218. The zero-order chi connectivity index (χ0) is 9.61. The molecule has 1 N–H and O–H groups in total. The summed E-state index contributed by atoms with van der Waals surface area (Å²) in [6.45, 7) is 5.84. The number of hydrogen-bond donors (Lipinski definition) is 1. The van der Waals surface area contributed by atoms with Crippen molar-refractivity contribution >= 4 is 7.37 Å². The maximum atomic E-state index is 11.7. The van der Waals surface area contributed by atoms with Crippen molar-refractivity contribution < 1.29 is 14.2 Å². The maximum absolute atomic E-state index is 11.7. The topological polar surface area (TPSA) is 46.5 Å². The molecule has 2 atom stereocenters. The maximum Gasteiger partial charge on any atom is 0.230 e. The quantitative estimate of drug-likeness (QED) is 0.521. The lowest BCUT2D eigenvalue weighted by atomic mass is 10.4. The standard InChI is InChI=1S/C8H19O3P/c1-4-6-7-11-12(10,5-2)8(3)9/h8-9H,4-7H2,1-3H3. The summed E-state index contributed by atoms with van der Waals surface area (Å²) in [5, 5.41) is 9.18. The average Bonchev–Trinajstić information content (AvgIpc) is 2.04. The largest absolute Gasteiger partial charge is 0.383 e. The first-order valence-electron chi connectivity index (χ1n) is 4.48. The molecule has 0 aliphatic carbocycles. The molecule has 0 aromatic rings. The molecule has 3 nitrogen and oxygen atoms in total. The molecular formula is C8H19O3P. The zero-order valence-corrected chi connectivity index (χ0v) is 9.01. The molecule has 4 heteroatoms. The summed E-state index contributed by atoms with van der Waals surface area (Å²) >= 11 is 0. The smallest absolute Gasteiger partial charge is 0.230 e. The van der Waals surface area contributed by atoms with Gasteiger partial charge in [-0.25, -0.2) is 0 Å². The van der Waals surface area contributed by atoms with Crippen LogP contribution in [0.15, 0.2) is 0 Å². The third-order valence-corrected chi connectivity index (χ3v) is 4.46. The van der Waals surface area contributed by atoms with E-state index in [1.807, 2.05) is 6.92 Å². The van der Waals surface area contributed by atoms with E-state index in [1.165, 1.54) is 6.92 Å². The molecule has 0 saturated carbocycles. The van der Waals surface area contributed by atoms with Gasteiger partial charge in [0.2, 0.25) is 7.37 Å². The summed E-state index contributed by atoms with van der Waals surface area (Å²) in [7, 11) is -2.75. The van der Waals surface area contributed by atoms with Crippen LogP contribution < -0.4 is 0 Å². The van der Waals surface area contributed by atoms with Crippen LogP contribution in [0.4, 0.5) is 0 Å². The van der Waals surface area contributed by atoms with Crippen LogP contribution in [-0.2, 0) is 9.09 Å². The van der Waals surface area contributed by atoms with Gasteiger partial charge in [-0.1, -0.05) is 20.3 Å². The van der Waals surface area contributed by atoms with Gasteiger partial charge in [-0.3, -0.25) is 4.57 Å². The minimum Gasteiger partial charge on any atom is -0.383 e. The summed E-state index contributed by atoms with van der Waals surface area (Å²) in [4.78, 5) is 0. The summed E-state index contributed by atoms with van der Waals surface area (Å²) in [5.41, 5.74) is 0. The zero-order valence-electron chi connectivity index (χ0n) is 8.12. The van der Waals surface area contributed by atoms with Gasteiger partial charge in [0.05, 0.1) is 6.61 Å². The summed E-state index contributed by atoms with van der Waals surface area (Å²) in [5.74, 6) is -0.834. The Hall–Kier alpha value is 0.150. The molecule has 12 heavy (non-hydrogen) atoms. The third kappa shape index (κ3) is 3.70. The van der Waals surface area contributed by atoms with Gasteiger partial charge in [0.25, 0.3) is 0 Å². The Morgan fingerprint density at radius 2 is 2.08 bits per heavy atom. The molecule has 0 aromatic heterocycles. The highest BCUT2D eigenvalue weighted by atomic mass is 31.2. The first-order valence-corrected chi connectivity index (χ1v) is 6.36. The molecule has 0 radical (unpaired) electrons. The van der Waals surface area contributed by atoms with Crippen molar-refractivity contribution in [3.05, 3.63) is 0 Å². The van der Waals surface area contributed by atoms with Crippen molar-refractivity contribution in [1.29, 1.82) is 0 Å². The molecule has 0 saturated heterocycles. The van der Waals surface area contributed by atoms with Gasteiger partial charge >= 0.3 is 0 Å². The Kier molecular flexibility index (Phi) is 5.81. The molecule has 0 aliphatic heterocycles. The van der Waals surface area contributed by atoms with Crippen LogP contribution in [0, 0.1) is 0 Å². The highest BCUT2D eigenvalue weighted by Crippen LogP contribution is 2.50. The van der Waals surface area contributed by atoms with E-state index < -0.39 is 13.2 Å². The number of hydrogen-bond acceptors (Lipinski definition) is 3. The van der Waals surface area contributed by atoms with E-state index >= 15 is 0 Å². The van der Waals surface area contributed by atoms with Crippen LogP contribution in [0.1, 0.15) is 33.6 Å². The lowest BCUT2D eigenvalue weighted by Crippen LogP contribution is -2.08. The number of rotatable bonds is 6. The van der Waals surface area contributed by atoms with Gasteiger partial charge in [-0.15, -0.1) is 0 Å². The minimum absolute atomic E-state index is 0.411. The fourth-order valence-corrected chi connectivity index (χ4v) is 2.19. The van der Waals surface area contributed by atoms with Crippen molar-refractivity contribution in [2.45, 2.75) is 39.5 Å². The third-order valence-electron chi connectivity index (χ3n) is 1.82. The van der Waals surface area contributed by atoms with Crippen molar-refractivity contribution in [3.8, 4) is 0 Å². The highest BCUT2D eigenvalue weighted by molar-refractivity contribution is 7.59. The molecule has 0 heterocycles. The van der Waals surface area contributed by atoms with E-state index in [-0.39, 0.29) is 0 Å². The van der Waals surface area contributed by atoms with Gasteiger partial charge in [-0.05, 0) is 13.3 Å². The fraction of sp³-hybridized carbons (Fsp3) is 1.00. The summed E-state index contributed by atoms with van der Waals surface area (Å²) in [6, 6.07) is 0. The Morgan fingerprint density at radius 3 is 2.42 bits per heavy atom. The van der Waals surface area contributed by atoms with E-state index in [2.05, 4.69) is 0 Å². The van der Waals surface area contributed by atoms with Crippen LogP contribution in [0.2, 0.25) is 0 Å². The lowest BCUT2D eigenvalue weighted by Gasteiger charge is -2.19. The molecule has 0 bridgehead atoms. The number of aliphatic hydroxyl groups is 1. The molecule has 2 unspecified atom stereocenters. The Bertz CT molecular complexity index is 156. The number of aliphatic hydroxyl groups excluding tert-OH is 1. The van der Waals surface area contributed by atoms with Crippen LogP contribution in [0.5, 0.6) is 0 Å². The van der Waals surface area contributed by atoms with E-state index in [1.54, 1.807) is 6.92 Å². The minimum atomic E-state index is -2.75. The molecule has 0 amide bonds. The second-order valence-electron chi connectivity index (χ2n) is 2.86. The van der Waals surface area contributed by atoms with E-state index in [0.717, 1.165) is 12.8 Å². The first kappa shape index (κ1) is 12.2. The van der Waals surface area contributed by atoms with Gasteiger partial charge in [-0.2, -0.15) is 0 Å². The fourth-order valence-electron chi connectivity index (χ4n) is 0.827. The van der Waals surface area contributed by atoms with Gasteiger partial charge in [0, 0.05) is 6.16 Å². The Labute approximate surface area is 74.6 Å². The van der Waals surface area contributed by atoms with Gasteiger partial charge < -0.3 is 9.63 Å². The Balaban J connectivity index is 3.89. The van der Waals surface area contributed by atoms with E-state index in [4.69, 9.17) is 4.52 Å². The predicted molar refractivity (Wildman–Crippen MR) is 50.7 cm³/mol. The molecule has 0 aliphatic rings. The van der Waals surface area contributed by atoms with Crippen molar-refractivity contribution in [1.82, 2.24) is 0 Å². The summed E-state index contributed by atoms with van der Waals surface area (Å²) in [6.07, 6.45) is 2.33. The molecule has 0 rings (SSSR count). The van der Waals surface area contributed by atoms with Crippen molar-refractivity contribution in [2.75, 3.05) is 12.8 Å². The van der Waals surface area contributed by atoms with Crippen molar-refractivity contribution in [2.24, 2.45) is 0 Å². The normalized spacial score (nSPS) is 18.7. The van der Waals surface area contributed by atoms with Gasteiger partial charge in [0.15, 0.2) is 0 Å². The highest BCUT2D eigenvalue weighted by Gasteiger charge is 2.26. The van der Waals surface area contributed by atoms with Crippen LogP contribution in [-0.4, -0.2) is 23.7 Å². The molecular weight excluding hydrogens is 175 g/mol. The molecule has 0 fully saturated rings. The molecule has 0 spiro atoms. The second kappa shape index (κ2) is 5.74. The molecule has 0 aromatic carbocycles. The SMILES string of the molecule is CCCCOP(=O)(CC)C(C)O. The van der Waals surface area contributed by atoms with Crippen LogP contribution >= 0.6 is 7.37 Å². The van der Waals surface area contributed by atoms with Crippen LogP contribution in [0.25, 0.3) is 0 Å². The van der Waals surface area contributed by atoms with E-state index in [9.17, 15) is 9.67 Å². The second-order valence-corrected chi connectivity index (χ2v) is 5.95. The average molecular weight is 194 g/mol. The number of unbranched alkanes of at least 4 members (excludes halogenated alkanes) is 1. The monoisotopic (exact) mass is 194 g/mol.